The van der Waals surface area contributed by atoms with Crippen LogP contribution in [-0.4, -0.2) is 14.1 Å². The molecule has 0 atom stereocenters. The molecule has 0 bridgehead atoms. The lowest BCUT2D eigenvalue weighted by molar-refractivity contribution is -0.696. The van der Waals surface area contributed by atoms with E-state index < -0.39 is 22.6 Å². The maximum atomic E-state index is 14.9. The molecule has 3 nitrogen and oxygen atoms in total. The number of nitrogens with zero attached hydrogens (tertiary/aromatic N) is 3. The predicted molar refractivity (Wildman–Crippen MR) is 84.1 cm³/mol. The van der Waals surface area contributed by atoms with Crippen LogP contribution in [0.15, 0.2) is 24.4 Å². The van der Waals surface area contributed by atoms with Crippen molar-refractivity contribution in [2.45, 2.75) is 25.8 Å². The third-order valence-corrected chi connectivity index (χ3v) is 4.42. The number of pyridine rings is 1. The topological polar surface area (TPSA) is 30.9 Å². The summed E-state index contributed by atoms with van der Waals surface area (Å²) >= 11 is 0. The zero-order valence-electron chi connectivity index (χ0n) is 13.6. The second-order valence-corrected chi connectivity index (χ2v) is 6.76. The average molecular weight is 314 g/mol. The van der Waals surface area contributed by atoms with Crippen LogP contribution in [0.5, 0.6) is 0 Å². The molecule has 1 aliphatic heterocycles. The van der Waals surface area contributed by atoms with E-state index in [1.165, 1.54) is 6.07 Å². The van der Waals surface area contributed by atoms with Crippen molar-refractivity contribution >= 4 is 5.69 Å². The number of fused-ring (bicyclic) bond motifs is 3. The molecule has 118 valence electrons. The zero-order valence-corrected chi connectivity index (χ0v) is 13.6. The van der Waals surface area contributed by atoms with E-state index in [0.29, 0.717) is 23.4 Å². The minimum Gasteiger partial charge on any atom is -0.377 e. The van der Waals surface area contributed by atoms with Crippen LogP contribution in [0.3, 0.4) is 0 Å². The van der Waals surface area contributed by atoms with Crippen LogP contribution in [-0.2, 0) is 12.0 Å². The molecule has 2 aromatic rings. The van der Waals surface area contributed by atoms with E-state index in [0.717, 1.165) is 5.69 Å². The number of benzene rings is 1. The van der Waals surface area contributed by atoms with Gasteiger partial charge >= 0.3 is 0 Å². The number of anilines is 1. The number of nitriles is 1. The fourth-order valence-electron chi connectivity index (χ4n) is 3.17. The van der Waals surface area contributed by atoms with Crippen molar-refractivity contribution in [2.75, 3.05) is 19.0 Å². The third-order valence-electron chi connectivity index (χ3n) is 4.42. The minimum atomic E-state index is -0.797. The van der Waals surface area contributed by atoms with Crippen molar-refractivity contribution in [2.24, 2.45) is 0 Å². The van der Waals surface area contributed by atoms with E-state index in [9.17, 15) is 8.78 Å². The molecular formula is C18H18F2N3+. The Labute approximate surface area is 134 Å². The third kappa shape index (κ3) is 2.26. The first kappa shape index (κ1) is 15.4. The highest BCUT2D eigenvalue weighted by Gasteiger charge is 2.40. The van der Waals surface area contributed by atoms with Crippen LogP contribution < -0.4 is 9.47 Å². The normalized spacial score (nSPS) is 14.7. The second kappa shape index (κ2) is 5.02. The van der Waals surface area contributed by atoms with E-state index in [2.05, 4.69) is 0 Å². The standard InChI is InChI=1S/C18H18F2N3/c1-18(2)10-23-6-5-11(22(3)4)7-15(23)16-13(18)8-14(19)12(9-21)17(16)20/h5-8H,10H2,1-4H3/q+1. The summed E-state index contributed by atoms with van der Waals surface area (Å²) in [6, 6.07) is 6.77. The molecule has 0 saturated heterocycles. The van der Waals surface area contributed by atoms with Gasteiger partial charge in [-0.25, -0.2) is 8.78 Å². The fraction of sp³-hybridized carbons (Fsp3) is 0.333. The summed E-state index contributed by atoms with van der Waals surface area (Å²) in [7, 11) is 3.81. The number of hydrogen-bond donors (Lipinski definition) is 0. The van der Waals surface area contributed by atoms with Gasteiger partial charge in [0.25, 0.3) is 0 Å². The Morgan fingerprint density at radius 1 is 1.26 bits per heavy atom. The maximum absolute atomic E-state index is 14.9. The van der Waals surface area contributed by atoms with Gasteiger partial charge in [0.1, 0.15) is 17.4 Å². The summed E-state index contributed by atoms with van der Waals surface area (Å²) in [6.45, 7) is 4.52. The summed E-state index contributed by atoms with van der Waals surface area (Å²) in [5.74, 6) is -1.58. The van der Waals surface area contributed by atoms with E-state index in [-0.39, 0.29) is 0 Å². The first-order valence-electron chi connectivity index (χ1n) is 7.40. The molecule has 0 aliphatic carbocycles. The first-order chi connectivity index (χ1) is 10.8. The summed E-state index contributed by atoms with van der Waals surface area (Å²) < 4.78 is 30.9. The van der Waals surface area contributed by atoms with Gasteiger partial charge in [-0.05, 0) is 25.5 Å². The van der Waals surface area contributed by atoms with Crippen molar-refractivity contribution in [1.29, 1.82) is 5.26 Å². The Kier molecular flexibility index (Phi) is 3.36. The maximum Gasteiger partial charge on any atom is 0.217 e. The minimum absolute atomic E-state index is 0.322. The molecule has 0 saturated carbocycles. The second-order valence-electron chi connectivity index (χ2n) is 6.76. The summed E-state index contributed by atoms with van der Waals surface area (Å²) in [5, 5.41) is 9.08. The van der Waals surface area contributed by atoms with Crippen molar-refractivity contribution in [3.63, 3.8) is 0 Å². The van der Waals surface area contributed by atoms with Crippen molar-refractivity contribution in [1.82, 2.24) is 0 Å². The molecule has 23 heavy (non-hydrogen) atoms. The highest BCUT2D eigenvalue weighted by Crippen LogP contribution is 2.40. The number of aromatic nitrogens is 1. The molecule has 1 aliphatic rings. The average Bonchev–Trinajstić information content (AvgIpc) is 2.47. The Hall–Kier alpha value is -2.48. The van der Waals surface area contributed by atoms with Crippen LogP contribution >= 0.6 is 0 Å². The van der Waals surface area contributed by atoms with Gasteiger partial charge in [-0.15, -0.1) is 0 Å². The molecule has 3 rings (SSSR count). The van der Waals surface area contributed by atoms with E-state index in [1.54, 1.807) is 6.07 Å². The van der Waals surface area contributed by atoms with Crippen LogP contribution in [0.4, 0.5) is 14.5 Å². The summed E-state index contributed by atoms with van der Waals surface area (Å²) in [5.41, 5.74) is 1.56. The molecule has 2 heterocycles. The van der Waals surface area contributed by atoms with Crippen molar-refractivity contribution in [3.05, 3.63) is 47.2 Å². The quantitative estimate of drug-likeness (QED) is 0.757. The van der Waals surface area contributed by atoms with Crippen molar-refractivity contribution < 1.29 is 13.3 Å². The van der Waals surface area contributed by atoms with Gasteiger partial charge in [0, 0.05) is 37.3 Å². The smallest absolute Gasteiger partial charge is 0.217 e. The number of hydrogen-bond acceptors (Lipinski definition) is 2. The molecule has 0 fully saturated rings. The van der Waals surface area contributed by atoms with E-state index in [4.69, 9.17) is 5.26 Å². The Morgan fingerprint density at radius 2 is 1.96 bits per heavy atom. The molecule has 0 amide bonds. The molecule has 0 spiro atoms. The number of halogens is 2. The zero-order chi connectivity index (χ0) is 16.9. The monoisotopic (exact) mass is 314 g/mol. The molecule has 1 aromatic heterocycles. The summed E-state index contributed by atoms with van der Waals surface area (Å²) in [6.07, 6.45) is 1.91. The van der Waals surface area contributed by atoms with Gasteiger partial charge in [-0.3, -0.25) is 0 Å². The Balaban J connectivity index is 2.40. The predicted octanol–water partition coefficient (Wildman–Crippen LogP) is 3.15. The Bertz CT molecular complexity index is 848. The molecule has 0 unspecified atom stereocenters. The van der Waals surface area contributed by atoms with Gasteiger partial charge in [-0.1, -0.05) is 0 Å². The summed E-state index contributed by atoms with van der Waals surface area (Å²) in [4.78, 5) is 1.92. The molecule has 0 radical (unpaired) electrons. The SMILES string of the molecule is CN(C)c1cc[n+]2c(c1)-c1c(cc(F)c(C#N)c1F)C(C)(C)C2. The van der Waals surface area contributed by atoms with Gasteiger partial charge in [-0.2, -0.15) is 9.83 Å². The van der Waals surface area contributed by atoms with Crippen LogP contribution in [0, 0.1) is 23.0 Å². The lowest BCUT2D eigenvalue weighted by Gasteiger charge is -2.30. The van der Waals surface area contributed by atoms with E-state index in [1.807, 2.05) is 55.7 Å². The largest absolute Gasteiger partial charge is 0.377 e. The van der Waals surface area contributed by atoms with Gasteiger partial charge in [0.15, 0.2) is 18.6 Å². The van der Waals surface area contributed by atoms with Crippen LogP contribution in [0.1, 0.15) is 25.0 Å². The van der Waals surface area contributed by atoms with Crippen LogP contribution in [0.25, 0.3) is 11.3 Å². The molecular weight excluding hydrogens is 296 g/mol. The first-order valence-corrected chi connectivity index (χ1v) is 7.40. The molecule has 5 heteroatoms. The highest BCUT2D eigenvalue weighted by molar-refractivity contribution is 5.70. The van der Waals surface area contributed by atoms with Gasteiger partial charge in [0.2, 0.25) is 5.69 Å². The highest BCUT2D eigenvalue weighted by atomic mass is 19.1. The fourth-order valence-corrected chi connectivity index (χ4v) is 3.17. The lowest BCUT2D eigenvalue weighted by atomic mass is 9.77. The number of rotatable bonds is 1. The van der Waals surface area contributed by atoms with Gasteiger partial charge in [0.05, 0.1) is 5.56 Å². The van der Waals surface area contributed by atoms with E-state index >= 15 is 0 Å². The van der Waals surface area contributed by atoms with Gasteiger partial charge < -0.3 is 4.90 Å². The van der Waals surface area contributed by atoms with Crippen molar-refractivity contribution in [3.8, 4) is 17.3 Å². The molecule has 0 N–H and O–H groups in total. The van der Waals surface area contributed by atoms with Crippen LogP contribution in [0.2, 0.25) is 0 Å². The molecule has 1 aromatic carbocycles. The lowest BCUT2D eigenvalue weighted by Crippen LogP contribution is -2.49. The Morgan fingerprint density at radius 3 is 2.57 bits per heavy atom.